The van der Waals surface area contributed by atoms with Crippen molar-refractivity contribution < 1.29 is 19.1 Å². The molecule has 0 aromatic heterocycles. The molecule has 3 aromatic rings. The van der Waals surface area contributed by atoms with Crippen LogP contribution >= 0.6 is 11.6 Å². The molecule has 3 aromatic carbocycles. The molecule has 0 radical (unpaired) electrons. The van der Waals surface area contributed by atoms with Gasteiger partial charge < -0.3 is 19.7 Å². The lowest BCUT2D eigenvalue weighted by Crippen LogP contribution is -2.53. The molecule has 0 fully saturated rings. The van der Waals surface area contributed by atoms with Crippen LogP contribution in [-0.4, -0.2) is 42.5 Å². The van der Waals surface area contributed by atoms with Gasteiger partial charge in [-0.25, -0.2) is 0 Å². The highest BCUT2D eigenvalue weighted by Crippen LogP contribution is 2.19. The number of ether oxygens (including phenoxy) is 2. The summed E-state index contributed by atoms with van der Waals surface area (Å²) < 4.78 is 11.0. The van der Waals surface area contributed by atoms with Crippen LogP contribution in [0.4, 0.5) is 0 Å². The molecule has 1 N–H and O–H groups in total. The SMILES string of the molecule is CCC(C)NC(=O)C(Cc1ccccc1)N(Cc1ccc(Cl)cc1)C(=O)COc1ccc(OC)cc1. The van der Waals surface area contributed by atoms with E-state index in [0.29, 0.717) is 22.9 Å². The molecule has 6 nitrogen and oxygen atoms in total. The topological polar surface area (TPSA) is 67.9 Å². The first-order chi connectivity index (χ1) is 17.4. The summed E-state index contributed by atoms with van der Waals surface area (Å²) in [6.45, 7) is 4.00. The first-order valence-corrected chi connectivity index (χ1v) is 12.4. The number of methoxy groups -OCH3 is 1. The molecule has 0 heterocycles. The fourth-order valence-corrected chi connectivity index (χ4v) is 3.81. The van der Waals surface area contributed by atoms with Crippen molar-refractivity contribution in [1.29, 1.82) is 0 Å². The minimum atomic E-state index is -0.718. The van der Waals surface area contributed by atoms with Crippen LogP contribution in [-0.2, 0) is 22.6 Å². The van der Waals surface area contributed by atoms with Gasteiger partial charge in [-0.2, -0.15) is 0 Å². The van der Waals surface area contributed by atoms with Crippen LogP contribution in [0.25, 0.3) is 0 Å². The van der Waals surface area contributed by atoms with E-state index in [-0.39, 0.29) is 31.0 Å². The Morgan fingerprint density at radius 1 is 0.917 bits per heavy atom. The molecular weight excluding hydrogens is 476 g/mol. The van der Waals surface area contributed by atoms with Gasteiger partial charge in [-0.3, -0.25) is 9.59 Å². The third kappa shape index (κ3) is 8.02. The molecule has 0 saturated carbocycles. The number of halogens is 1. The summed E-state index contributed by atoms with van der Waals surface area (Å²) in [7, 11) is 1.59. The molecule has 0 saturated heterocycles. The summed E-state index contributed by atoms with van der Waals surface area (Å²) in [5.74, 6) is 0.753. The highest BCUT2D eigenvalue weighted by atomic mass is 35.5. The van der Waals surface area contributed by atoms with Gasteiger partial charge in [0, 0.05) is 24.0 Å². The lowest BCUT2D eigenvalue weighted by atomic mass is 10.0. The Balaban J connectivity index is 1.88. The number of nitrogens with zero attached hydrogens (tertiary/aromatic N) is 1. The number of hydrogen-bond acceptors (Lipinski definition) is 4. The van der Waals surface area contributed by atoms with E-state index in [4.69, 9.17) is 21.1 Å². The van der Waals surface area contributed by atoms with E-state index >= 15 is 0 Å². The second-order valence-electron chi connectivity index (χ2n) is 8.64. The standard InChI is InChI=1S/C29H33ClN2O4/c1-4-21(2)31-29(34)27(18-22-8-6-5-7-9-22)32(19-23-10-12-24(30)13-11-23)28(33)20-36-26-16-14-25(35-3)15-17-26/h5-17,21,27H,4,18-20H2,1-3H3,(H,31,34). The first-order valence-electron chi connectivity index (χ1n) is 12.0. The first kappa shape index (κ1) is 27.1. The minimum Gasteiger partial charge on any atom is -0.497 e. The fourth-order valence-electron chi connectivity index (χ4n) is 3.68. The van der Waals surface area contributed by atoms with E-state index in [1.807, 2.05) is 56.3 Å². The van der Waals surface area contributed by atoms with Crippen LogP contribution < -0.4 is 14.8 Å². The molecule has 3 rings (SSSR count). The quantitative estimate of drug-likeness (QED) is 0.361. The average Bonchev–Trinajstić information content (AvgIpc) is 2.91. The van der Waals surface area contributed by atoms with E-state index in [9.17, 15) is 9.59 Å². The van der Waals surface area contributed by atoms with Gasteiger partial charge in [-0.15, -0.1) is 0 Å². The Morgan fingerprint density at radius 3 is 2.17 bits per heavy atom. The van der Waals surface area contributed by atoms with Gasteiger partial charge in [-0.1, -0.05) is 61.0 Å². The number of rotatable bonds is 12. The number of carbonyl (C=O) groups excluding carboxylic acids is 2. The second-order valence-corrected chi connectivity index (χ2v) is 9.07. The molecule has 2 amide bonds. The molecule has 0 aliphatic carbocycles. The van der Waals surface area contributed by atoms with Crippen LogP contribution in [0.2, 0.25) is 5.02 Å². The van der Waals surface area contributed by atoms with Crippen LogP contribution in [0.5, 0.6) is 11.5 Å². The Labute approximate surface area is 218 Å². The number of nitrogens with one attached hydrogen (secondary N) is 1. The van der Waals surface area contributed by atoms with Crippen molar-refractivity contribution in [2.75, 3.05) is 13.7 Å². The van der Waals surface area contributed by atoms with Gasteiger partial charge in [0.2, 0.25) is 5.91 Å². The predicted molar refractivity (Wildman–Crippen MR) is 142 cm³/mol. The van der Waals surface area contributed by atoms with Crippen LogP contribution in [0.3, 0.4) is 0 Å². The number of benzene rings is 3. The zero-order chi connectivity index (χ0) is 25.9. The summed E-state index contributed by atoms with van der Waals surface area (Å²) in [5.41, 5.74) is 1.83. The van der Waals surface area contributed by atoms with Gasteiger partial charge in [0.25, 0.3) is 5.91 Å². The number of amides is 2. The maximum Gasteiger partial charge on any atom is 0.261 e. The fraction of sp³-hybridized carbons (Fsp3) is 0.310. The van der Waals surface area contributed by atoms with E-state index in [0.717, 1.165) is 17.5 Å². The highest BCUT2D eigenvalue weighted by Gasteiger charge is 2.31. The molecule has 2 unspecified atom stereocenters. The largest absolute Gasteiger partial charge is 0.497 e. The molecule has 2 atom stereocenters. The Kier molecular flexibility index (Phi) is 10.2. The third-order valence-electron chi connectivity index (χ3n) is 5.96. The van der Waals surface area contributed by atoms with Crippen molar-refractivity contribution in [3.63, 3.8) is 0 Å². The summed E-state index contributed by atoms with van der Waals surface area (Å²) in [4.78, 5) is 28.6. The molecule has 36 heavy (non-hydrogen) atoms. The lowest BCUT2D eigenvalue weighted by Gasteiger charge is -2.32. The molecule has 0 bridgehead atoms. The van der Waals surface area contributed by atoms with Crippen LogP contribution in [0.1, 0.15) is 31.4 Å². The van der Waals surface area contributed by atoms with Gasteiger partial charge >= 0.3 is 0 Å². The van der Waals surface area contributed by atoms with Crippen LogP contribution in [0.15, 0.2) is 78.9 Å². The van der Waals surface area contributed by atoms with Crippen molar-refractivity contribution in [3.8, 4) is 11.5 Å². The summed E-state index contributed by atoms with van der Waals surface area (Å²) in [6.07, 6.45) is 1.17. The van der Waals surface area contributed by atoms with Crippen molar-refractivity contribution in [1.82, 2.24) is 10.2 Å². The van der Waals surface area contributed by atoms with Gasteiger partial charge in [0.05, 0.1) is 7.11 Å². The third-order valence-corrected chi connectivity index (χ3v) is 6.21. The van der Waals surface area contributed by atoms with E-state index in [1.165, 1.54) is 0 Å². The molecule has 7 heteroatoms. The molecule has 0 aliphatic heterocycles. The monoisotopic (exact) mass is 508 g/mol. The van der Waals surface area contributed by atoms with Gasteiger partial charge in [-0.05, 0) is 60.9 Å². The molecule has 0 spiro atoms. The van der Waals surface area contributed by atoms with Crippen LogP contribution in [0, 0.1) is 0 Å². The number of carbonyl (C=O) groups is 2. The summed E-state index contributed by atoms with van der Waals surface area (Å²) in [6, 6.07) is 23.3. The van der Waals surface area contributed by atoms with Crippen molar-refractivity contribution in [3.05, 3.63) is 95.0 Å². The molecule has 0 aliphatic rings. The smallest absolute Gasteiger partial charge is 0.261 e. The Morgan fingerprint density at radius 2 is 1.56 bits per heavy atom. The van der Waals surface area contributed by atoms with Gasteiger partial charge in [0.1, 0.15) is 17.5 Å². The van der Waals surface area contributed by atoms with Crippen molar-refractivity contribution in [2.45, 2.75) is 45.3 Å². The Bertz CT molecular complexity index is 1100. The predicted octanol–water partition coefficient (Wildman–Crippen LogP) is 5.28. The van der Waals surface area contributed by atoms with E-state index in [2.05, 4.69) is 5.32 Å². The summed E-state index contributed by atoms with van der Waals surface area (Å²) in [5, 5.41) is 3.66. The van der Waals surface area contributed by atoms with Crippen molar-refractivity contribution in [2.24, 2.45) is 0 Å². The van der Waals surface area contributed by atoms with Crippen molar-refractivity contribution >= 4 is 23.4 Å². The normalized spacial score (nSPS) is 12.3. The molecular formula is C29H33ClN2O4. The van der Waals surface area contributed by atoms with Gasteiger partial charge in [0.15, 0.2) is 6.61 Å². The summed E-state index contributed by atoms with van der Waals surface area (Å²) >= 11 is 6.07. The maximum atomic E-state index is 13.6. The highest BCUT2D eigenvalue weighted by molar-refractivity contribution is 6.30. The lowest BCUT2D eigenvalue weighted by molar-refractivity contribution is -0.143. The Hall–Kier alpha value is -3.51. The minimum absolute atomic E-state index is 0.0150. The van der Waals surface area contributed by atoms with E-state index in [1.54, 1.807) is 48.4 Å². The second kappa shape index (κ2) is 13.5. The zero-order valence-corrected chi connectivity index (χ0v) is 21.7. The van der Waals surface area contributed by atoms with E-state index < -0.39 is 6.04 Å². The average molecular weight is 509 g/mol. The molecule has 190 valence electrons. The zero-order valence-electron chi connectivity index (χ0n) is 20.9. The maximum absolute atomic E-state index is 13.6. The number of hydrogen-bond donors (Lipinski definition) is 1.